The van der Waals surface area contributed by atoms with E-state index in [-0.39, 0.29) is 21.2 Å². The minimum Gasteiger partial charge on any atom is -0.0622 e. The lowest BCUT2D eigenvalue weighted by atomic mass is 10.1. The molecule has 84 valence electrons. The zero-order valence-corrected chi connectivity index (χ0v) is 11.7. The van der Waals surface area contributed by atoms with Gasteiger partial charge < -0.3 is 0 Å². The summed E-state index contributed by atoms with van der Waals surface area (Å²) in [6.07, 6.45) is 2.03. The lowest BCUT2D eigenvalue weighted by Gasteiger charge is -1.93. The molecule has 1 heteroatoms. The molecule has 0 saturated heterocycles. The Hall–Kier alpha value is -1.27. The Morgan fingerprint density at radius 2 is 1.47 bits per heavy atom. The average Bonchev–Trinajstić information content (AvgIpc) is 2.41. The summed E-state index contributed by atoms with van der Waals surface area (Å²) in [5, 5.41) is 0. The molecular formula is C16H14I+. The Morgan fingerprint density at radius 1 is 0.824 bits per heavy atom. The van der Waals surface area contributed by atoms with E-state index in [0.717, 1.165) is 12.8 Å². The van der Waals surface area contributed by atoms with Crippen LogP contribution in [-0.2, 0) is 6.42 Å². The molecule has 0 N–H and O–H groups in total. The molecule has 0 aromatic heterocycles. The van der Waals surface area contributed by atoms with Crippen molar-refractivity contribution in [3.8, 4) is 9.85 Å². The van der Waals surface area contributed by atoms with Crippen LogP contribution in [0.5, 0.6) is 0 Å². The molecule has 0 aliphatic heterocycles. The predicted octanol–water partition coefficient (Wildman–Crippen LogP) is 0.539. The van der Waals surface area contributed by atoms with Gasteiger partial charge in [0.2, 0.25) is 3.57 Å². The predicted molar refractivity (Wildman–Crippen MR) is 67.7 cm³/mol. The molecule has 0 heterocycles. The fraction of sp³-hybridized carbons (Fsp3) is 0.125. The van der Waals surface area contributed by atoms with E-state index in [9.17, 15) is 0 Å². The number of hydrogen-bond acceptors (Lipinski definition) is 0. The maximum Gasteiger partial charge on any atom is 0.419 e. The van der Waals surface area contributed by atoms with Crippen LogP contribution in [0.3, 0.4) is 0 Å². The second-order valence-corrected chi connectivity index (χ2v) is 5.97. The molecule has 0 atom stereocenters. The molecule has 0 nitrogen and oxygen atoms in total. The van der Waals surface area contributed by atoms with Gasteiger partial charge in [-0.3, -0.25) is 0 Å². The summed E-state index contributed by atoms with van der Waals surface area (Å²) in [7, 11) is 0. The molecule has 0 spiro atoms. The van der Waals surface area contributed by atoms with Gasteiger partial charge in [0, 0.05) is 6.42 Å². The average molecular weight is 333 g/mol. The normalized spacial score (nSPS) is 9.41. The van der Waals surface area contributed by atoms with Crippen LogP contribution < -0.4 is 21.2 Å². The van der Waals surface area contributed by atoms with Gasteiger partial charge in [-0.2, -0.15) is 0 Å². The molecule has 0 unspecified atom stereocenters. The highest BCUT2D eigenvalue weighted by atomic mass is 127. The third-order valence-corrected chi connectivity index (χ3v) is 4.33. The lowest BCUT2D eigenvalue weighted by molar-refractivity contribution is -0.535. The first-order valence-corrected chi connectivity index (χ1v) is 7.81. The Kier molecular flexibility index (Phi) is 5.12. The first kappa shape index (κ1) is 12.2. The summed E-state index contributed by atoms with van der Waals surface area (Å²) in [5.41, 5.74) is 1.37. The molecule has 0 bridgehead atoms. The molecule has 0 radical (unpaired) electrons. The van der Waals surface area contributed by atoms with Crippen molar-refractivity contribution in [2.24, 2.45) is 0 Å². The van der Waals surface area contributed by atoms with Crippen LogP contribution in [0.4, 0.5) is 0 Å². The molecule has 2 aromatic carbocycles. The zero-order valence-electron chi connectivity index (χ0n) is 9.57. The lowest BCUT2D eigenvalue weighted by Crippen LogP contribution is -3.59. The molecule has 0 saturated carbocycles. The van der Waals surface area contributed by atoms with E-state index in [2.05, 4.69) is 70.5 Å². The summed E-state index contributed by atoms with van der Waals surface area (Å²) < 4.78 is 4.73. The van der Waals surface area contributed by atoms with E-state index in [1.165, 1.54) is 9.13 Å². The fourth-order valence-electron chi connectivity index (χ4n) is 1.46. The van der Waals surface area contributed by atoms with Crippen molar-refractivity contribution in [2.45, 2.75) is 12.8 Å². The monoisotopic (exact) mass is 333 g/mol. The Bertz CT molecular complexity index is 491. The fourth-order valence-corrected chi connectivity index (χ4v) is 3.01. The maximum absolute atomic E-state index is 3.33. The minimum atomic E-state index is -0.117. The first-order valence-electron chi connectivity index (χ1n) is 5.66. The largest absolute Gasteiger partial charge is 0.419 e. The number of benzene rings is 2. The molecule has 0 fully saturated rings. The van der Waals surface area contributed by atoms with Gasteiger partial charge in [0.05, 0.1) is 0 Å². The van der Waals surface area contributed by atoms with Gasteiger partial charge >= 0.3 is 21.2 Å². The highest BCUT2D eigenvalue weighted by Crippen LogP contribution is 2.00. The topological polar surface area (TPSA) is 0 Å². The Balaban J connectivity index is 1.76. The van der Waals surface area contributed by atoms with Crippen LogP contribution >= 0.6 is 0 Å². The second-order valence-electron chi connectivity index (χ2n) is 3.65. The van der Waals surface area contributed by atoms with Gasteiger partial charge in [0.1, 0.15) is 0 Å². The van der Waals surface area contributed by atoms with Gasteiger partial charge in [-0.25, -0.2) is 0 Å². The standard InChI is InChI=1S/C16H14I/c1-3-9-15(10-4-1)11-7-8-14-17-16-12-5-2-6-13-16/h1-6,9-10,12-13H,7,11H2/q+1. The molecule has 2 aromatic rings. The van der Waals surface area contributed by atoms with Crippen molar-refractivity contribution < 1.29 is 21.2 Å². The van der Waals surface area contributed by atoms with Crippen molar-refractivity contribution in [1.29, 1.82) is 0 Å². The smallest absolute Gasteiger partial charge is 0.0622 e. The van der Waals surface area contributed by atoms with Crippen LogP contribution in [0.1, 0.15) is 12.0 Å². The second kappa shape index (κ2) is 7.13. The van der Waals surface area contributed by atoms with E-state index < -0.39 is 0 Å². The SMILES string of the molecule is C(#C[I+]c1ccccc1)CCc1ccccc1. The summed E-state index contributed by atoms with van der Waals surface area (Å²) >= 11 is -0.117. The van der Waals surface area contributed by atoms with Crippen LogP contribution in [-0.4, -0.2) is 0 Å². The van der Waals surface area contributed by atoms with Gasteiger partial charge in [0.15, 0.2) is 3.93 Å². The zero-order chi connectivity index (χ0) is 11.8. The van der Waals surface area contributed by atoms with Crippen LogP contribution in [0.25, 0.3) is 0 Å². The molecule has 0 aliphatic rings. The molecule has 0 amide bonds. The number of hydrogen-bond donors (Lipinski definition) is 0. The number of aryl methyl sites for hydroxylation is 1. The molecule has 2 rings (SSSR count). The Morgan fingerprint density at radius 3 is 2.18 bits per heavy atom. The van der Waals surface area contributed by atoms with Crippen molar-refractivity contribution in [2.75, 3.05) is 0 Å². The third kappa shape index (κ3) is 4.62. The quantitative estimate of drug-likeness (QED) is 0.568. The van der Waals surface area contributed by atoms with Crippen molar-refractivity contribution in [1.82, 2.24) is 0 Å². The summed E-state index contributed by atoms with van der Waals surface area (Å²) in [5.74, 6) is 3.28. The highest BCUT2D eigenvalue weighted by molar-refractivity contribution is 5.15. The van der Waals surface area contributed by atoms with E-state index in [1.807, 2.05) is 0 Å². The van der Waals surface area contributed by atoms with Crippen molar-refractivity contribution >= 4 is 0 Å². The summed E-state index contributed by atoms with van der Waals surface area (Å²) in [6, 6.07) is 21.1. The minimum absolute atomic E-state index is 0.117. The van der Waals surface area contributed by atoms with E-state index in [0.29, 0.717) is 0 Å². The molecule has 0 aliphatic carbocycles. The highest BCUT2D eigenvalue weighted by Gasteiger charge is 2.05. The summed E-state index contributed by atoms with van der Waals surface area (Å²) in [6.45, 7) is 0. The summed E-state index contributed by atoms with van der Waals surface area (Å²) in [4.78, 5) is 0. The number of rotatable bonds is 3. The van der Waals surface area contributed by atoms with Gasteiger partial charge in [-0.1, -0.05) is 48.5 Å². The maximum atomic E-state index is 3.33. The van der Waals surface area contributed by atoms with Crippen molar-refractivity contribution in [3.05, 3.63) is 69.8 Å². The van der Waals surface area contributed by atoms with Crippen LogP contribution in [0.2, 0.25) is 0 Å². The van der Waals surface area contributed by atoms with Gasteiger partial charge in [-0.15, -0.1) is 0 Å². The Labute approximate surface area is 113 Å². The molecular weight excluding hydrogens is 319 g/mol. The van der Waals surface area contributed by atoms with Crippen molar-refractivity contribution in [3.63, 3.8) is 0 Å². The van der Waals surface area contributed by atoms with E-state index in [1.54, 1.807) is 0 Å². The van der Waals surface area contributed by atoms with E-state index in [4.69, 9.17) is 0 Å². The van der Waals surface area contributed by atoms with Crippen LogP contribution in [0, 0.1) is 13.4 Å². The van der Waals surface area contributed by atoms with Gasteiger partial charge in [-0.05, 0) is 30.0 Å². The van der Waals surface area contributed by atoms with Gasteiger partial charge in [0.25, 0.3) is 0 Å². The first-order chi connectivity index (χ1) is 8.45. The van der Waals surface area contributed by atoms with Crippen LogP contribution in [0.15, 0.2) is 60.7 Å². The third-order valence-electron chi connectivity index (χ3n) is 2.34. The van der Waals surface area contributed by atoms with E-state index >= 15 is 0 Å². The molecule has 17 heavy (non-hydrogen) atoms. The number of halogens is 1.